The van der Waals surface area contributed by atoms with Crippen molar-refractivity contribution in [3.63, 3.8) is 0 Å². The summed E-state index contributed by atoms with van der Waals surface area (Å²) in [6.07, 6.45) is 4.05. The predicted octanol–water partition coefficient (Wildman–Crippen LogP) is 2.31. The molecule has 0 bridgehead atoms. The van der Waals surface area contributed by atoms with Crippen molar-refractivity contribution >= 4 is 21.8 Å². The zero-order valence-corrected chi connectivity index (χ0v) is 12.8. The maximum atomic E-state index is 12.5. The molecule has 2 heterocycles. The van der Waals surface area contributed by atoms with Crippen LogP contribution in [0.5, 0.6) is 0 Å². The van der Waals surface area contributed by atoms with Gasteiger partial charge in [-0.1, -0.05) is 0 Å². The second kappa shape index (κ2) is 7.01. The fourth-order valence-corrected chi connectivity index (χ4v) is 2.86. The lowest BCUT2D eigenvalue weighted by Gasteiger charge is -2.29. The Labute approximate surface area is 122 Å². The number of carbonyl (C=O) groups is 1. The van der Waals surface area contributed by atoms with E-state index in [9.17, 15) is 4.79 Å². The van der Waals surface area contributed by atoms with E-state index in [2.05, 4.69) is 26.2 Å². The van der Waals surface area contributed by atoms with Crippen LogP contribution in [0.15, 0.2) is 22.8 Å². The molecule has 1 aliphatic rings. The van der Waals surface area contributed by atoms with Crippen LogP contribution in [-0.2, 0) is 0 Å². The Kier molecular flexibility index (Phi) is 5.34. The molecular formula is C14H20BrN3O. The minimum absolute atomic E-state index is 0.0144. The number of hydrogen-bond acceptors (Lipinski definition) is 3. The fraction of sp³-hybridized carbons (Fsp3) is 0.571. The maximum Gasteiger partial charge on any atom is 0.273 e. The van der Waals surface area contributed by atoms with E-state index in [0.29, 0.717) is 11.6 Å². The van der Waals surface area contributed by atoms with Gasteiger partial charge in [-0.15, -0.1) is 0 Å². The summed E-state index contributed by atoms with van der Waals surface area (Å²) in [5.41, 5.74) is 0.508. The van der Waals surface area contributed by atoms with Crippen LogP contribution in [0.25, 0.3) is 0 Å². The molecule has 0 spiro atoms. The zero-order chi connectivity index (χ0) is 13.7. The summed E-state index contributed by atoms with van der Waals surface area (Å²) >= 11 is 3.40. The highest BCUT2D eigenvalue weighted by atomic mass is 79.9. The Morgan fingerprint density at radius 1 is 1.63 bits per heavy atom. The number of nitrogens with zero attached hydrogens (tertiary/aromatic N) is 2. The third-order valence-electron chi connectivity index (χ3n) is 3.51. The molecule has 0 aromatic carbocycles. The first-order valence-corrected chi connectivity index (χ1v) is 7.62. The molecule has 4 nitrogen and oxygen atoms in total. The van der Waals surface area contributed by atoms with Crippen molar-refractivity contribution < 1.29 is 4.79 Å². The normalized spacial score (nSPS) is 19.2. The molecule has 5 heteroatoms. The van der Waals surface area contributed by atoms with E-state index in [1.807, 2.05) is 24.0 Å². The summed E-state index contributed by atoms with van der Waals surface area (Å²) < 4.78 is 0.764. The number of amides is 1. The lowest BCUT2D eigenvalue weighted by Crippen LogP contribution is -2.41. The standard InChI is InChI=1S/C14H20BrN3O/c1-2-18(10-11-5-3-7-16-9-11)14(19)13-12(15)6-4-8-17-13/h4,6,8,11,16H,2-3,5,7,9-10H2,1H3. The van der Waals surface area contributed by atoms with Gasteiger partial charge in [-0.3, -0.25) is 4.79 Å². The van der Waals surface area contributed by atoms with Crippen LogP contribution < -0.4 is 5.32 Å². The smallest absolute Gasteiger partial charge is 0.273 e. The van der Waals surface area contributed by atoms with Gasteiger partial charge in [-0.25, -0.2) is 4.98 Å². The van der Waals surface area contributed by atoms with Crippen LogP contribution in [0.4, 0.5) is 0 Å². The number of carbonyl (C=O) groups excluding carboxylic acids is 1. The van der Waals surface area contributed by atoms with Crippen LogP contribution in [-0.4, -0.2) is 42.0 Å². The Balaban J connectivity index is 2.04. The molecule has 1 atom stereocenters. The Morgan fingerprint density at radius 3 is 3.11 bits per heavy atom. The third kappa shape index (κ3) is 3.76. The van der Waals surface area contributed by atoms with Gasteiger partial charge in [0.2, 0.25) is 0 Å². The first kappa shape index (κ1) is 14.5. The summed E-state index contributed by atoms with van der Waals surface area (Å²) in [4.78, 5) is 18.6. The second-order valence-corrected chi connectivity index (χ2v) is 5.74. The quantitative estimate of drug-likeness (QED) is 0.923. The highest BCUT2D eigenvalue weighted by Gasteiger charge is 2.22. The van der Waals surface area contributed by atoms with Crippen molar-refractivity contribution in [2.24, 2.45) is 5.92 Å². The lowest BCUT2D eigenvalue weighted by molar-refractivity contribution is 0.0722. The minimum Gasteiger partial charge on any atom is -0.337 e. The number of aromatic nitrogens is 1. The summed E-state index contributed by atoms with van der Waals surface area (Å²) in [5.74, 6) is 0.570. The van der Waals surface area contributed by atoms with E-state index in [1.165, 1.54) is 12.8 Å². The van der Waals surface area contributed by atoms with Crippen molar-refractivity contribution in [3.8, 4) is 0 Å². The van der Waals surface area contributed by atoms with E-state index in [1.54, 1.807) is 6.20 Å². The number of piperidine rings is 1. The zero-order valence-electron chi connectivity index (χ0n) is 11.2. The first-order chi connectivity index (χ1) is 9.22. The number of rotatable bonds is 4. The monoisotopic (exact) mass is 325 g/mol. The van der Waals surface area contributed by atoms with Crippen molar-refractivity contribution in [1.82, 2.24) is 15.2 Å². The molecule has 1 aromatic rings. The predicted molar refractivity (Wildman–Crippen MR) is 79.1 cm³/mol. The first-order valence-electron chi connectivity index (χ1n) is 6.83. The minimum atomic E-state index is 0.0144. The Morgan fingerprint density at radius 2 is 2.47 bits per heavy atom. The van der Waals surface area contributed by atoms with Crippen LogP contribution in [0, 0.1) is 5.92 Å². The van der Waals surface area contributed by atoms with E-state index < -0.39 is 0 Å². The lowest BCUT2D eigenvalue weighted by atomic mass is 9.99. The van der Waals surface area contributed by atoms with Crippen LogP contribution >= 0.6 is 15.9 Å². The highest BCUT2D eigenvalue weighted by molar-refractivity contribution is 9.10. The summed E-state index contributed by atoms with van der Waals surface area (Å²) in [6.45, 7) is 5.66. The van der Waals surface area contributed by atoms with Gasteiger partial charge in [-0.2, -0.15) is 0 Å². The van der Waals surface area contributed by atoms with Gasteiger partial charge < -0.3 is 10.2 Å². The van der Waals surface area contributed by atoms with Crippen molar-refractivity contribution in [3.05, 3.63) is 28.5 Å². The molecule has 1 amide bonds. The number of hydrogen-bond donors (Lipinski definition) is 1. The molecule has 1 unspecified atom stereocenters. The van der Waals surface area contributed by atoms with Gasteiger partial charge in [0.1, 0.15) is 5.69 Å². The van der Waals surface area contributed by atoms with E-state index in [4.69, 9.17) is 0 Å². The number of nitrogens with one attached hydrogen (secondary N) is 1. The average Bonchev–Trinajstić information content (AvgIpc) is 2.46. The van der Waals surface area contributed by atoms with Crippen molar-refractivity contribution in [2.75, 3.05) is 26.2 Å². The van der Waals surface area contributed by atoms with Gasteiger partial charge in [0, 0.05) is 23.8 Å². The van der Waals surface area contributed by atoms with Gasteiger partial charge >= 0.3 is 0 Å². The maximum absolute atomic E-state index is 12.5. The summed E-state index contributed by atoms with van der Waals surface area (Å²) in [5, 5.41) is 3.39. The Hall–Kier alpha value is -0.940. The molecule has 104 valence electrons. The molecule has 0 aliphatic carbocycles. The molecule has 2 rings (SSSR count). The van der Waals surface area contributed by atoms with Crippen LogP contribution in [0.2, 0.25) is 0 Å². The van der Waals surface area contributed by atoms with E-state index >= 15 is 0 Å². The Bertz CT molecular complexity index is 432. The number of pyridine rings is 1. The fourth-order valence-electron chi connectivity index (χ4n) is 2.44. The SMILES string of the molecule is CCN(CC1CCCNC1)C(=O)c1ncccc1Br. The molecule has 19 heavy (non-hydrogen) atoms. The molecule has 1 N–H and O–H groups in total. The molecule has 0 radical (unpaired) electrons. The van der Waals surface area contributed by atoms with Crippen LogP contribution in [0.1, 0.15) is 30.3 Å². The largest absolute Gasteiger partial charge is 0.337 e. The van der Waals surface area contributed by atoms with E-state index in [0.717, 1.165) is 30.7 Å². The van der Waals surface area contributed by atoms with Gasteiger partial charge in [-0.05, 0) is 66.8 Å². The van der Waals surface area contributed by atoms with Crippen molar-refractivity contribution in [1.29, 1.82) is 0 Å². The van der Waals surface area contributed by atoms with Crippen molar-refractivity contribution in [2.45, 2.75) is 19.8 Å². The molecule has 1 fully saturated rings. The molecule has 1 aromatic heterocycles. The van der Waals surface area contributed by atoms with Gasteiger partial charge in [0.05, 0.1) is 0 Å². The molecular weight excluding hydrogens is 306 g/mol. The molecule has 1 aliphatic heterocycles. The summed E-state index contributed by atoms with van der Waals surface area (Å²) in [6, 6.07) is 3.68. The van der Waals surface area contributed by atoms with Gasteiger partial charge in [0.25, 0.3) is 5.91 Å². The third-order valence-corrected chi connectivity index (χ3v) is 4.15. The van der Waals surface area contributed by atoms with Gasteiger partial charge in [0.15, 0.2) is 0 Å². The molecule has 0 saturated carbocycles. The topological polar surface area (TPSA) is 45.2 Å². The highest BCUT2D eigenvalue weighted by Crippen LogP contribution is 2.18. The second-order valence-electron chi connectivity index (χ2n) is 4.89. The average molecular weight is 326 g/mol. The number of halogens is 1. The summed E-state index contributed by atoms with van der Waals surface area (Å²) in [7, 11) is 0. The molecule has 1 saturated heterocycles. The van der Waals surface area contributed by atoms with Crippen LogP contribution in [0.3, 0.4) is 0 Å². The van der Waals surface area contributed by atoms with E-state index in [-0.39, 0.29) is 5.91 Å².